The lowest BCUT2D eigenvalue weighted by molar-refractivity contribution is 0.0969. The number of aromatic nitrogens is 2. The number of hydrazine groups is 1. The Hall–Kier alpha value is -1.40. The van der Waals surface area contributed by atoms with E-state index in [0.29, 0.717) is 5.82 Å². The van der Waals surface area contributed by atoms with Crippen LogP contribution in [0.3, 0.4) is 0 Å². The van der Waals surface area contributed by atoms with Crippen LogP contribution in [0.2, 0.25) is 0 Å². The number of aliphatic hydroxyl groups excluding tert-OH is 1. The van der Waals surface area contributed by atoms with Crippen LogP contribution in [0.15, 0.2) is 6.07 Å². The Kier molecular flexibility index (Phi) is 4.55. The lowest BCUT2D eigenvalue weighted by atomic mass is 9.97. The summed E-state index contributed by atoms with van der Waals surface area (Å²) >= 11 is 0. The van der Waals surface area contributed by atoms with Crippen LogP contribution < -0.4 is 16.2 Å². The SMILES string of the molecule is CCCc1nc(NN)cc(N2CCC(O)C(C)C2)n1. The highest BCUT2D eigenvalue weighted by Gasteiger charge is 2.25. The molecule has 0 spiro atoms. The molecule has 1 aliphatic rings. The topological polar surface area (TPSA) is 87.3 Å². The van der Waals surface area contributed by atoms with Crippen molar-refractivity contribution in [3.63, 3.8) is 0 Å². The summed E-state index contributed by atoms with van der Waals surface area (Å²) in [7, 11) is 0. The summed E-state index contributed by atoms with van der Waals surface area (Å²) in [5.41, 5.74) is 2.60. The minimum atomic E-state index is -0.208. The zero-order valence-electron chi connectivity index (χ0n) is 11.6. The van der Waals surface area contributed by atoms with Crippen molar-refractivity contribution >= 4 is 11.6 Å². The summed E-state index contributed by atoms with van der Waals surface area (Å²) in [6, 6.07) is 1.86. The van der Waals surface area contributed by atoms with Gasteiger partial charge in [0.25, 0.3) is 0 Å². The Bertz CT molecular complexity index is 425. The van der Waals surface area contributed by atoms with E-state index in [2.05, 4.69) is 34.1 Å². The third-order valence-electron chi connectivity index (χ3n) is 3.56. The predicted octanol–water partition coefficient (Wildman–Crippen LogP) is 0.922. The van der Waals surface area contributed by atoms with Gasteiger partial charge in [0.2, 0.25) is 0 Å². The first kappa shape index (κ1) is 14.0. The summed E-state index contributed by atoms with van der Waals surface area (Å²) in [6.07, 6.45) is 2.41. The van der Waals surface area contributed by atoms with Gasteiger partial charge < -0.3 is 15.4 Å². The molecule has 0 radical (unpaired) electrons. The number of hydrogen-bond donors (Lipinski definition) is 3. The summed E-state index contributed by atoms with van der Waals surface area (Å²) in [5, 5.41) is 9.79. The van der Waals surface area contributed by atoms with Gasteiger partial charge in [-0.2, -0.15) is 0 Å². The summed E-state index contributed by atoms with van der Waals surface area (Å²) in [6.45, 7) is 5.80. The highest BCUT2D eigenvalue weighted by atomic mass is 16.3. The van der Waals surface area contributed by atoms with E-state index in [1.165, 1.54) is 0 Å². The van der Waals surface area contributed by atoms with Crippen LogP contribution in [0.1, 0.15) is 32.5 Å². The first-order chi connectivity index (χ1) is 9.13. The molecule has 6 heteroatoms. The second kappa shape index (κ2) is 6.16. The quantitative estimate of drug-likeness (QED) is 0.554. The van der Waals surface area contributed by atoms with E-state index in [-0.39, 0.29) is 12.0 Å². The van der Waals surface area contributed by atoms with Crippen molar-refractivity contribution in [1.82, 2.24) is 9.97 Å². The van der Waals surface area contributed by atoms with Crippen LogP contribution >= 0.6 is 0 Å². The molecule has 0 amide bonds. The highest BCUT2D eigenvalue weighted by Crippen LogP contribution is 2.23. The average Bonchev–Trinajstić information content (AvgIpc) is 2.42. The standard InChI is InChI=1S/C13H23N5O/c1-3-4-11-15-12(17-14)7-13(16-11)18-6-5-10(19)9(2)8-18/h7,9-10,19H,3-6,8,14H2,1-2H3,(H,15,16,17). The van der Waals surface area contributed by atoms with E-state index in [9.17, 15) is 5.11 Å². The van der Waals surface area contributed by atoms with Gasteiger partial charge in [0.1, 0.15) is 17.5 Å². The molecule has 2 unspecified atom stereocenters. The number of nitrogen functional groups attached to an aromatic ring is 1. The van der Waals surface area contributed by atoms with Gasteiger partial charge in [-0.05, 0) is 18.8 Å². The minimum absolute atomic E-state index is 0.208. The molecule has 19 heavy (non-hydrogen) atoms. The fourth-order valence-corrected chi connectivity index (χ4v) is 2.40. The van der Waals surface area contributed by atoms with Crippen LogP contribution in [-0.2, 0) is 6.42 Å². The normalized spacial score (nSPS) is 23.5. The van der Waals surface area contributed by atoms with E-state index in [4.69, 9.17) is 5.84 Å². The molecule has 106 valence electrons. The maximum atomic E-state index is 9.79. The van der Waals surface area contributed by atoms with Crippen molar-refractivity contribution in [3.05, 3.63) is 11.9 Å². The fraction of sp³-hybridized carbons (Fsp3) is 0.692. The number of anilines is 2. The molecule has 4 N–H and O–H groups in total. The van der Waals surface area contributed by atoms with Crippen molar-refractivity contribution in [1.29, 1.82) is 0 Å². The van der Waals surface area contributed by atoms with Crippen LogP contribution in [-0.4, -0.2) is 34.3 Å². The van der Waals surface area contributed by atoms with Gasteiger partial charge >= 0.3 is 0 Å². The molecular weight excluding hydrogens is 242 g/mol. The number of nitrogens with two attached hydrogens (primary N) is 1. The molecule has 6 nitrogen and oxygen atoms in total. The van der Waals surface area contributed by atoms with Gasteiger partial charge in [0.05, 0.1) is 6.10 Å². The lowest BCUT2D eigenvalue weighted by Crippen LogP contribution is -2.42. The molecule has 2 heterocycles. The molecule has 1 aliphatic heterocycles. The fourth-order valence-electron chi connectivity index (χ4n) is 2.40. The number of aryl methyl sites for hydroxylation is 1. The van der Waals surface area contributed by atoms with Gasteiger partial charge in [-0.3, -0.25) is 0 Å². The molecule has 1 fully saturated rings. The van der Waals surface area contributed by atoms with Gasteiger partial charge in [-0.1, -0.05) is 13.8 Å². The van der Waals surface area contributed by atoms with Crippen LogP contribution in [0.25, 0.3) is 0 Å². The Labute approximate surface area is 114 Å². The van der Waals surface area contributed by atoms with Crippen molar-refractivity contribution in [2.45, 2.75) is 39.2 Å². The summed E-state index contributed by atoms with van der Waals surface area (Å²) in [5.74, 6) is 8.07. The van der Waals surface area contributed by atoms with E-state index in [1.807, 2.05) is 6.07 Å². The summed E-state index contributed by atoms with van der Waals surface area (Å²) in [4.78, 5) is 11.1. The zero-order chi connectivity index (χ0) is 13.8. The smallest absolute Gasteiger partial charge is 0.145 e. The third-order valence-corrected chi connectivity index (χ3v) is 3.56. The van der Waals surface area contributed by atoms with Crippen molar-refractivity contribution < 1.29 is 5.11 Å². The van der Waals surface area contributed by atoms with Crippen molar-refractivity contribution in [3.8, 4) is 0 Å². The maximum absolute atomic E-state index is 9.79. The predicted molar refractivity (Wildman–Crippen MR) is 75.8 cm³/mol. The molecule has 0 aliphatic carbocycles. The van der Waals surface area contributed by atoms with E-state index < -0.39 is 0 Å². The average molecular weight is 265 g/mol. The second-order valence-electron chi connectivity index (χ2n) is 5.20. The van der Waals surface area contributed by atoms with Gasteiger partial charge in [0.15, 0.2) is 0 Å². The first-order valence-electron chi connectivity index (χ1n) is 6.91. The number of aliphatic hydroxyl groups is 1. The van der Waals surface area contributed by atoms with Crippen molar-refractivity contribution in [2.24, 2.45) is 11.8 Å². The molecule has 0 aromatic carbocycles. The van der Waals surface area contributed by atoms with Crippen LogP contribution in [0, 0.1) is 5.92 Å². The maximum Gasteiger partial charge on any atom is 0.145 e. The number of rotatable bonds is 4. The summed E-state index contributed by atoms with van der Waals surface area (Å²) < 4.78 is 0. The van der Waals surface area contributed by atoms with E-state index >= 15 is 0 Å². The van der Waals surface area contributed by atoms with Crippen LogP contribution in [0.5, 0.6) is 0 Å². The first-order valence-corrected chi connectivity index (χ1v) is 6.91. The Morgan fingerprint density at radius 1 is 1.53 bits per heavy atom. The monoisotopic (exact) mass is 265 g/mol. The Morgan fingerprint density at radius 2 is 2.32 bits per heavy atom. The molecule has 1 aromatic rings. The molecule has 1 saturated heterocycles. The van der Waals surface area contributed by atoms with Crippen molar-refractivity contribution in [2.75, 3.05) is 23.4 Å². The largest absolute Gasteiger partial charge is 0.393 e. The lowest BCUT2D eigenvalue weighted by Gasteiger charge is -2.35. The highest BCUT2D eigenvalue weighted by molar-refractivity contribution is 5.49. The third kappa shape index (κ3) is 3.33. The number of nitrogens with zero attached hydrogens (tertiary/aromatic N) is 3. The van der Waals surface area contributed by atoms with E-state index in [0.717, 1.165) is 44.0 Å². The molecule has 1 aromatic heterocycles. The number of piperidine rings is 1. The molecule has 2 atom stereocenters. The minimum Gasteiger partial charge on any atom is -0.393 e. The molecule has 0 bridgehead atoms. The number of nitrogens with one attached hydrogen (secondary N) is 1. The van der Waals surface area contributed by atoms with Crippen LogP contribution in [0.4, 0.5) is 11.6 Å². The molecule has 2 rings (SSSR count). The second-order valence-corrected chi connectivity index (χ2v) is 5.20. The molecule has 0 saturated carbocycles. The number of hydrogen-bond acceptors (Lipinski definition) is 6. The van der Waals surface area contributed by atoms with Gasteiger partial charge in [0, 0.05) is 25.6 Å². The van der Waals surface area contributed by atoms with Gasteiger partial charge in [-0.25, -0.2) is 15.8 Å². The Balaban J connectivity index is 2.20. The van der Waals surface area contributed by atoms with E-state index in [1.54, 1.807) is 0 Å². The molecular formula is C13H23N5O. The Morgan fingerprint density at radius 3 is 2.95 bits per heavy atom. The zero-order valence-corrected chi connectivity index (χ0v) is 11.6. The van der Waals surface area contributed by atoms with Gasteiger partial charge in [-0.15, -0.1) is 0 Å².